The molecule has 11 heteroatoms. The van der Waals surface area contributed by atoms with Crippen LogP contribution in [-0.4, -0.2) is 49.7 Å². The summed E-state index contributed by atoms with van der Waals surface area (Å²) in [7, 11) is 0. The number of aliphatic hydroxyl groups is 2. The first-order valence-corrected chi connectivity index (χ1v) is 11.7. The molecule has 5 N–H and O–H groups in total. The minimum atomic E-state index is -1.70. The Bertz CT molecular complexity index is 1270. The highest BCUT2D eigenvalue weighted by atomic mass is 19.2. The summed E-state index contributed by atoms with van der Waals surface area (Å²) in [6.07, 6.45) is 0.290. The van der Waals surface area contributed by atoms with E-state index in [0.717, 1.165) is 11.8 Å². The lowest BCUT2D eigenvalue weighted by molar-refractivity contribution is -0.123. The van der Waals surface area contributed by atoms with Gasteiger partial charge in [-0.1, -0.05) is 30.3 Å². The second kappa shape index (κ2) is 11.7. The Morgan fingerprint density at radius 1 is 1.14 bits per heavy atom. The zero-order valence-corrected chi connectivity index (χ0v) is 20.4. The van der Waals surface area contributed by atoms with Crippen molar-refractivity contribution in [3.8, 4) is 0 Å². The molecule has 0 bridgehead atoms. The molecule has 0 aliphatic carbocycles. The third-order valence-electron chi connectivity index (χ3n) is 6.02. The molecule has 37 heavy (non-hydrogen) atoms. The zero-order chi connectivity index (χ0) is 27.3. The molecule has 0 aliphatic heterocycles. The van der Waals surface area contributed by atoms with Gasteiger partial charge in [0.2, 0.25) is 5.91 Å². The second-order valence-electron chi connectivity index (χ2n) is 9.63. The van der Waals surface area contributed by atoms with Crippen molar-refractivity contribution in [1.82, 2.24) is 15.3 Å². The SMILES string of the molecule is CC(C)(O)CCC(C[C@@H](O)[C@@H](Cc1ccccc1)NC(=O)c1cnc2c(F)c(F)c(F)cc2n1)C(N)=O. The normalized spacial score (nSPS) is 14.2. The fourth-order valence-electron chi connectivity index (χ4n) is 3.93. The van der Waals surface area contributed by atoms with Crippen LogP contribution >= 0.6 is 0 Å². The number of nitrogens with zero attached hydrogens (tertiary/aromatic N) is 2. The highest BCUT2D eigenvalue weighted by Crippen LogP contribution is 2.23. The molecule has 1 heterocycles. The molecule has 0 radical (unpaired) electrons. The number of aliphatic hydroxyl groups excluding tert-OH is 1. The summed E-state index contributed by atoms with van der Waals surface area (Å²) in [5.74, 6) is -6.90. The Labute approximate surface area is 211 Å². The van der Waals surface area contributed by atoms with Crippen LogP contribution in [0.3, 0.4) is 0 Å². The van der Waals surface area contributed by atoms with E-state index in [9.17, 15) is 33.0 Å². The van der Waals surface area contributed by atoms with Crippen LogP contribution in [0.15, 0.2) is 42.6 Å². The molecule has 8 nitrogen and oxygen atoms in total. The average Bonchev–Trinajstić information content (AvgIpc) is 2.84. The molecule has 0 aliphatic rings. The Hall–Kier alpha value is -3.57. The van der Waals surface area contributed by atoms with E-state index in [1.807, 2.05) is 0 Å². The van der Waals surface area contributed by atoms with Gasteiger partial charge in [-0.15, -0.1) is 0 Å². The van der Waals surface area contributed by atoms with E-state index in [1.54, 1.807) is 44.2 Å². The van der Waals surface area contributed by atoms with Crippen LogP contribution in [-0.2, 0) is 11.2 Å². The fraction of sp³-hybridized carbons (Fsp3) is 0.385. The van der Waals surface area contributed by atoms with Gasteiger partial charge >= 0.3 is 0 Å². The zero-order valence-electron chi connectivity index (χ0n) is 20.4. The monoisotopic (exact) mass is 518 g/mol. The van der Waals surface area contributed by atoms with Crippen molar-refractivity contribution < 1.29 is 33.0 Å². The molecule has 3 atom stereocenters. The second-order valence-corrected chi connectivity index (χ2v) is 9.63. The first-order chi connectivity index (χ1) is 17.4. The molecule has 1 unspecified atom stereocenters. The fourth-order valence-corrected chi connectivity index (χ4v) is 3.93. The lowest BCUT2D eigenvalue weighted by Crippen LogP contribution is -2.46. The van der Waals surface area contributed by atoms with Crippen LogP contribution in [0.2, 0.25) is 0 Å². The first kappa shape index (κ1) is 28.0. The maximum atomic E-state index is 14.0. The largest absolute Gasteiger partial charge is 0.391 e. The summed E-state index contributed by atoms with van der Waals surface area (Å²) in [6.45, 7) is 3.19. The van der Waals surface area contributed by atoms with Crippen LogP contribution in [0, 0.1) is 23.4 Å². The van der Waals surface area contributed by atoms with Crippen LogP contribution in [0.4, 0.5) is 13.2 Å². The number of benzene rings is 2. The summed E-state index contributed by atoms with van der Waals surface area (Å²) < 4.78 is 41.1. The van der Waals surface area contributed by atoms with E-state index < -0.39 is 58.4 Å². The number of carbonyl (C=O) groups is 2. The summed E-state index contributed by atoms with van der Waals surface area (Å²) in [5.41, 5.74) is 4.07. The smallest absolute Gasteiger partial charge is 0.271 e. The van der Waals surface area contributed by atoms with Crippen molar-refractivity contribution in [2.45, 2.75) is 57.3 Å². The number of halogens is 3. The van der Waals surface area contributed by atoms with E-state index in [1.165, 1.54) is 0 Å². The van der Waals surface area contributed by atoms with Gasteiger partial charge in [0.15, 0.2) is 17.5 Å². The Kier molecular flexibility index (Phi) is 8.82. The molecular weight excluding hydrogens is 489 g/mol. The Morgan fingerprint density at radius 2 is 1.81 bits per heavy atom. The minimum Gasteiger partial charge on any atom is -0.391 e. The van der Waals surface area contributed by atoms with Gasteiger partial charge in [-0.05, 0) is 45.1 Å². The first-order valence-electron chi connectivity index (χ1n) is 11.7. The van der Waals surface area contributed by atoms with E-state index in [2.05, 4.69) is 15.3 Å². The van der Waals surface area contributed by atoms with Gasteiger partial charge in [-0.25, -0.2) is 23.1 Å². The number of carbonyl (C=O) groups excluding carboxylic acids is 2. The third kappa shape index (κ3) is 7.46. The maximum absolute atomic E-state index is 14.0. The van der Waals surface area contributed by atoms with Crippen molar-refractivity contribution in [2.75, 3.05) is 0 Å². The molecule has 198 valence electrons. The predicted octanol–water partition coefficient (Wildman–Crippen LogP) is 2.79. The van der Waals surface area contributed by atoms with Gasteiger partial charge in [0.05, 0.1) is 29.5 Å². The van der Waals surface area contributed by atoms with Crippen LogP contribution < -0.4 is 11.1 Å². The molecule has 0 saturated heterocycles. The Balaban J connectivity index is 1.84. The lowest BCUT2D eigenvalue weighted by atomic mass is 9.87. The highest BCUT2D eigenvalue weighted by molar-refractivity contribution is 5.94. The van der Waals surface area contributed by atoms with Gasteiger partial charge in [0.1, 0.15) is 11.2 Å². The number of primary amides is 1. The topological polar surface area (TPSA) is 138 Å². The van der Waals surface area contributed by atoms with Crippen LogP contribution in [0.1, 0.15) is 49.2 Å². The number of nitrogens with two attached hydrogens (primary N) is 1. The van der Waals surface area contributed by atoms with Gasteiger partial charge in [0.25, 0.3) is 5.91 Å². The van der Waals surface area contributed by atoms with Crippen molar-refractivity contribution in [1.29, 1.82) is 0 Å². The molecule has 2 amide bonds. The number of nitrogens with one attached hydrogen (secondary N) is 1. The molecule has 0 fully saturated rings. The van der Waals surface area contributed by atoms with Crippen LogP contribution in [0.25, 0.3) is 11.0 Å². The minimum absolute atomic E-state index is 0.0811. The van der Waals surface area contributed by atoms with Gasteiger partial charge in [-0.3, -0.25) is 9.59 Å². The van der Waals surface area contributed by atoms with Crippen LogP contribution in [0.5, 0.6) is 0 Å². The number of amides is 2. The number of hydrogen-bond donors (Lipinski definition) is 4. The maximum Gasteiger partial charge on any atom is 0.271 e. The van der Waals surface area contributed by atoms with Gasteiger partial charge < -0.3 is 21.3 Å². The number of fused-ring (bicyclic) bond motifs is 1. The number of hydrogen-bond acceptors (Lipinski definition) is 6. The molecule has 2 aromatic carbocycles. The summed E-state index contributed by atoms with van der Waals surface area (Å²) in [5, 5.41) is 23.7. The quantitative estimate of drug-likeness (QED) is 0.288. The summed E-state index contributed by atoms with van der Waals surface area (Å²) in [6, 6.07) is 8.69. The summed E-state index contributed by atoms with van der Waals surface area (Å²) >= 11 is 0. The molecular formula is C26H29F3N4O4. The van der Waals surface area contributed by atoms with Gasteiger partial charge in [-0.2, -0.15) is 0 Å². The van der Waals surface area contributed by atoms with E-state index in [0.29, 0.717) is 6.07 Å². The Morgan fingerprint density at radius 3 is 2.43 bits per heavy atom. The standard InChI is InChI=1S/C26H29F3N4O4/c1-26(2,37)9-8-15(24(30)35)11-20(34)17(10-14-6-4-3-5-7-14)33-25(36)19-13-31-23-18(32-19)12-16(27)21(28)22(23)29/h3-7,12-13,15,17,20,34,37H,8-11H2,1-2H3,(H2,30,35)(H,33,36)/t15?,17-,20-/m1/s1. The highest BCUT2D eigenvalue weighted by Gasteiger charge is 2.29. The van der Waals surface area contributed by atoms with Gasteiger partial charge in [0, 0.05) is 12.0 Å². The molecule has 1 aromatic heterocycles. The predicted molar refractivity (Wildman–Crippen MR) is 130 cm³/mol. The van der Waals surface area contributed by atoms with Crippen molar-refractivity contribution >= 4 is 22.8 Å². The summed E-state index contributed by atoms with van der Waals surface area (Å²) in [4.78, 5) is 32.6. The number of aromatic nitrogens is 2. The third-order valence-corrected chi connectivity index (χ3v) is 6.02. The van der Waals surface area contributed by atoms with E-state index in [4.69, 9.17) is 5.73 Å². The lowest BCUT2D eigenvalue weighted by Gasteiger charge is -2.28. The van der Waals surface area contributed by atoms with Crippen molar-refractivity contribution in [3.05, 3.63) is 71.3 Å². The average molecular weight is 519 g/mol. The van der Waals surface area contributed by atoms with E-state index >= 15 is 0 Å². The molecule has 3 rings (SSSR count). The molecule has 0 spiro atoms. The molecule has 0 saturated carbocycles. The number of rotatable bonds is 11. The molecule has 3 aromatic rings. The van der Waals surface area contributed by atoms with Crippen molar-refractivity contribution in [3.63, 3.8) is 0 Å². The van der Waals surface area contributed by atoms with E-state index in [-0.39, 0.29) is 36.9 Å². The van der Waals surface area contributed by atoms with Crippen molar-refractivity contribution in [2.24, 2.45) is 11.7 Å².